The summed E-state index contributed by atoms with van der Waals surface area (Å²) in [5.74, 6) is -1.32. The molecule has 0 unspecified atom stereocenters. The van der Waals surface area contributed by atoms with Gasteiger partial charge in [0.1, 0.15) is 17.4 Å². The van der Waals surface area contributed by atoms with E-state index in [9.17, 15) is 19.8 Å². The number of aromatic amines is 1. The Morgan fingerprint density at radius 3 is 2.74 bits per heavy atom. The lowest BCUT2D eigenvalue weighted by molar-refractivity contribution is 0.0952. The van der Waals surface area contributed by atoms with Gasteiger partial charge in [-0.15, -0.1) is 0 Å². The van der Waals surface area contributed by atoms with Crippen LogP contribution in [0.4, 0.5) is 0 Å². The molecule has 0 bridgehead atoms. The van der Waals surface area contributed by atoms with Crippen LogP contribution >= 0.6 is 0 Å². The second-order valence-electron chi connectivity index (χ2n) is 4.54. The number of nitriles is 1. The van der Waals surface area contributed by atoms with E-state index in [4.69, 9.17) is 5.26 Å². The summed E-state index contributed by atoms with van der Waals surface area (Å²) in [6, 6.07) is 7.65. The number of rotatable bonds is 3. The van der Waals surface area contributed by atoms with E-state index in [2.05, 4.69) is 15.5 Å². The van der Waals surface area contributed by atoms with E-state index < -0.39 is 17.3 Å². The van der Waals surface area contributed by atoms with Gasteiger partial charge < -0.3 is 10.2 Å². The van der Waals surface area contributed by atoms with Gasteiger partial charge in [-0.25, -0.2) is 5.43 Å². The van der Waals surface area contributed by atoms with Crippen molar-refractivity contribution in [2.24, 2.45) is 5.10 Å². The van der Waals surface area contributed by atoms with Gasteiger partial charge in [-0.2, -0.15) is 10.4 Å². The maximum atomic E-state index is 11.8. The van der Waals surface area contributed by atoms with E-state index in [1.165, 1.54) is 19.1 Å². The number of nitrogens with one attached hydrogen (secondary N) is 2. The summed E-state index contributed by atoms with van der Waals surface area (Å²) in [5.41, 5.74) is 1.67. The minimum Gasteiger partial charge on any atom is -0.507 e. The normalized spacial score (nSPS) is 10.4. The minimum absolute atomic E-state index is 0.0322. The zero-order valence-electron chi connectivity index (χ0n) is 12.0. The number of aromatic nitrogens is 1. The number of pyridine rings is 1. The maximum absolute atomic E-state index is 11.8. The first-order chi connectivity index (χ1) is 11.0. The second kappa shape index (κ2) is 6.44. The number of nitrogens with zero attached hydrogens (tertiary/aromatic N) is 2. The number of H-pyrrole nitrogens is 1. The van der Waals surface area contributed by atoms with E-state index in [1.54, 1.807) is 18.2 Å². The Hall–Kier alpha value is -3.60. The first-order valence-electron chi connectivity index (χ1n) is 6.43. The number of benzene rings is 1. The van der Waals surface area contributed by atoms with Crippen molar-refractivity contribution in [1.29, 1.82) is 5.26 Å². The molecular weight excluding hydrogens is 300 g/mol. The number of aromatic hydroxyl groups is 2. The fourth-order valence-corrected chi connectivity index (χ4v) is 1.89. The highest BCUT2D eigenvalue weighted by atomic mass is 16.3. The number of phenols is 1. The Bertz CT molecular complexity index is 893. The lowest BCUT2D eigenvalue weighted by Gasteiger charge is -2.05. The molecule has 1 aromatic heterocycles. The molecule has 1 aromatic carbocycles. The Kier molecular flexibility index (Phi) is 4.42. The van der Waals surface area contributed by atoms with Crippen LogP contribution in [0.2, 0.25) is 0 Å². The number of amides is 1. The van der Waals surface area contributed by atoms with Crippen molar-refractivity contribution in [3.8, 4) is 17.7 Å². The Morgan fingerprint density at radius 2 is 2.09 bits per heavy atom. The summed E-state index contributed by atoms with van der Waals surface area (Å²) in [5, 5.41) is 31.8. The van der Waals surface area contributed by atoms with Crippen LogP contribution in [0.15, 0.2) is 34.2 Å². The van der Waals surface area contributed by atoms with E-state index in [0.29, 0.717) is 0 Å². The van der Waals surface area contributed by atoms with Crippen molar-refractivity contribution in [3.63, 3.8) is 0 Å². The number of hydrogen-bond acceptors (Lipinski definition) is 6. The van der Waals surface area contributed by atoms with Gasteiger partial charge in [-0.3, -0.25) is 14.6 Å². The summed E-state index contributed by atoms with van der Waals surface area (Å²) >= 11 is 0. The third kappa shape index (κ3) is 3.19. The van der Waals surface area contributed by atoms with Crippen LogP contribution in [0.5, 0.6) is 11.6 Å². The first-order valence-corrected chi connectivity index (χ1v) is 6.43. The molecule has 0 radical (unpaired) electrons. The van der Waals surface area contributed by atoms with E-state index >= 15 is 0 Å². The predicted molar refractivity (Wildman–Crippen MR) is 81.3 cm³/mol. The molecule has 0 aliphatic heterocycles. The van der Waals surface area contributed by atoms with Gasteiger partial charge in [-0.05, 0) is 24.6 Å². The monoisotopic (exact) mass is 312 g/mol. The Balaban J connectivity index is 2.26. The molecule has 8 nitrogen and oxygen atoms in total. The van der Waals surface area contributed by atoms with Crippen LogP contribution in [-0.4, -0.2) is 27.3 Å². The van der Waals surface area contributed by atoms with Gasteiger partial charge in [0.2, 0.25) is 5.88 Å². The maximum Gasteiger partial charge on any atom is 0.275 e. The number of phenolic OH excluding ortho intramolecular Hbond substituents is 1. The van der Waals surface area contributed by atoms with Crippen LogP contribution in [0.25, 0.3) is 0 Å². The van der Waals surface area contributed by atoms with E-state index in [0.717, 1.165) is 6.21 Å². The van der Waals surface area contributed by atoms with E-state index in [1.807, 2.05) is 0 Å². The largest absolute Gasteiger partial charge is 0.507 e. The molecule has 1 amide bonds. The highest BCUT2D eigenvalue weighted by molar-refractivity contribution is 5.97. The fraction of sp³-hybridized carbons (Fsp3) is 0.0667. The van der Waals surface area contributed by atoms with Crippen LogP contribution in [0.3, 0.4) is 0 Å². The van der Waals surface area contributed by atoms with Gasteiger partial charge in [0.05, 0.1) is 17.3 Å². The Morgan fingerprint density at radius 1 is 1.39 bits per heavy atom. The smallest absolute Gasteiger partial charge is 0.275 e. The minimum atomic E-state index is -0.710. The molecule has 1 heterocycles. The van der Waals surface area contributed by atoms with Crippen molar-refractivity contribution in [3.05, 3.63) is 56.9 Å². The quantitative estimate of drug-likeness (QED) is 0.489. The van der Waals surface area contributed by atoms with Crippen molar-refractivity contribution in [2.75, 3.05) is 0 Å². The lowest BCUT2D eigenvalue weighted by atomic mass is 10.1. The number of hydrogen-bond donors (Lipinski definition) is 4. The summed E-state index contributed by atoms with van der Waals surface area (Å²) in [7, 11) is 0. The summed E-state index contributed by atoms with van der Waals surface area (Å²) in [4.78, 5) is 25.4. The summed E-state index contributed by atoms with van der Waals surface area (Å²) in [6.45, 7) is 1.47. The SMILES string of the molecule is Cc1c(C=NNC(=O)c2ccccc2O)c(O)[nH]c(=O)c1C#N. The second-order valence-corrected chi connectivity index (χ2v) is 4.54. The molecule has 0 saturated heterocycles. The molecule has 0 aliphatic carbocycles. The van der Waals surface area contributed by atoms with Crippen LogP contribution in [0, 0.1) is 18.3 Å². The molecule has 2 aromatic rings. The van der Waals surface area contributed by atoms with Gasteiger partial charge in [0.25, 0.3) is 11.5 Å². The number of hydrazone groups is 1. The molecule has 116 valence electrons. The molecule has 0 aliphatic rings. The van der Waals surface area contributed by atoms with Crippen molar-refractivity contribution in [1.82, 2.24) is 10.4 Å². The molecular formula is C15H12N4O4. The van der Waals surface area contributed by atoms with Crippen LogP contribution in [-0.2, 0) is 0 Å². The highest BCUT2D eigenvalue weighted by Crippen LogP contribution is 2.17. The molecule has 0 fully saturated rings. The van der Waals surface area contributed by atoms with Gasteiger partial charge in [-0.1, -0.05) is 12.1 Å². The van der Waals surface area contributed by atoms with Gasteiger partial charge in [0, 0.05) is 0 Å². The zero-order chi connectivity index (χ0) is 17.0. The topological polar surface area (TPSA) is 139 Å². The number of carbonyl (C=O) groups is 1. The average Bonchev–Trinajstić information content (AvgIpc) is 2.51. The molecule has 0 atom stereocenters. The molecule has 23 heavy (non-hydrogen) atoms. The molecule has 0 spiro atoms. The molecule has 0 saturated carbocycles. The average molecular weight is 312 g/mol. The fourth-order valence-electron chi connectivity index (χ4n) is 1.89. The zero-order valence-corrected chi connectivity index (χ0v) is 12.0. The molecule has 4 N–H and O–H groups in total. The number of para-hydroxylation sites is 1. The third-order valence-electron chi connectivity index (χ3n) is 3.11. The van der Waals surface area contributed by atoms with Gasteiger partial charge >= 0.3 is 0 Å². The molecule has 2 rings (SSSR count). The Labute approximate surface area is 130 Å². The first kappa shape index (κ1) is 15.8. The van der Waals surface area contributed by atoms with Crippen molar-refractivity contribution >= 4 is 12.1 Å². The summed E-state index contributed by atoms with van der Waals surface area (Å²) in [6.07, 6.45) is 1.10. The third-order valence-corrected chi connectivity index (χ3v) is 3.11. The van der Waals surface area contributed by atoms with Crippen molar-refractivity contribution < 1.29 is 15.0 Å². The molecule has 8 heteroatoms. The summed E-state index contributed by atoms with van der Waals surface area (Å²) < 4.78 is 0. The van der Waals surface area contributed by atoms with Crippen molar-refractivity contribution in [2.45, 2.75) is 6.92 Å². The van der Waals surface area contributed by atoms with Gasteiger partial charge in [0.15, 0.2) is 0 Å². The highest BCUT2D eigenvalue weighted by Gasteiger charge is 2.13. The number of carbonyl (C=O) groups excluding carboxylic acids is 1. The predicted octanol–water partition coefficient (Wildman–Crippen LogP) is 0.730. The van der Waals surface area contributed by atoms with E-state index in [-0.39, 0.29) is 28.0 Å². The standard InChI is InChI=1S/C15H12N4O4/c1-8-10(6-16)13(21)18-14(22)11(8)7-17-19-15(23)9-4-2-3-5-12(9)20/h2-5,7,20H,1H3,(H,19,23)(H2,18,21,22). The van der Waals surface area contributed by atoms with Crippen LogP contribution < -0.4 is 11.0 Å². The lowest BCUT2D eigenvalue weighted by Crippen LogP contribution is -2.18. The van der Waals surface area contributed by atoms with Crippen LogP contribution in [0.1, 0.15) is 27.0 Å².